The van der Waals surface area contributed by atoms with Crippen LogP contribution in [0.15, 0.2) is 17.6 Å². The number of thiazole rings is 1. The molecule has 2 rings (SSSR count). The van der Waals surface area contributed by atoms with Gasteiger partial charge in [0.05, 0.1) is 5.54 Å². The minimum absolute atomic E-state index is 0.135. The zero-order valence-corrected chi connectivity index (χ0v) is 11.7. The van der Waals surface area contributed by atoms with Gasteiger partial charge < -0.3 is 0 Å². The summed E-state index contributed by atoms with van der Waals surface area (Å²) in [6.07, 6.45) is 1.65. The summed E-state index contributed by atoms with van der Waals surface area (Å²) in [6.45, 7) is 8.10. The van der Waals surface area contributed by atoms with Crippen LogP contribution in [0.5, 0.6) is 0 Å². The largest absolute Gasteiger partial charge is 0.296 e. The van der Waals surface area contributed by atoms with Crippen molar-refractivity contribution in [1.82, 2.24) is 14.8 Å². The van der Waals surface area contributed by atoms with Gasteiger partial charge in [0.15, 0.2) is 10.8 Å². The number of rotatable bonds is 2. The Labute approximate surface area is 110 Å². The quantitative estimate of drug-likeness (QED) is 0.907. The van der Waals surface area contributed by atoms with Crippen molar-refractivity contribution in [2.24, 2.45) is 0 Å². The van der Waals surface area contributed by atoms with Crippen LogP contribution in [0.3, 0.4) is 0 Å². The van der Waals surface area contributed by atoms with Gasteiger partial charge in [0.2, 0.25) is 0 Å². The topological polar surface area (TPSA) is 59.8 Å². The van der Waals surface area contributed by atoms with E-state index in [1.807, 2.05) is 17.0 Å². The highest BCUT2D eigenvalue weighted by Crippen LogP contribution is 2.18. The molecular weight excluding hydrogens is 248 g/mol. The first-order chi connectivity index (χ1) is 8.38. The van der Waals surface area contributed by atoms with Crippen LogP contribution in [0.1, 0.15) is 37.0 Å². The fourth-order valence-electron chi connectivity index (χ4n) is 1.71. The molecule has 0 aliphatic carbocycles. The number of amides is 1. The van der Waals surface area contributed by atoms with E-state index in [1.165, 1.54) is 11.3 Å². The van der Waals surface area contributed by atoms with Gasteiger partial charge in [-0.15, -0.1) is 11.3 Å². The number of aromatic nitrogens is 3. The SMILES string of the molecule is Cc1cc(C(=O)Nc2nccs2)nn1C(C)(C)C. The number of hydrogen-bond donors (Lipinski definition) is 1. The zero-order chi connectivity index (χ0) is 13.3. The Morgan fingerprint density at radius 2 is 2.17 bits per heavy atom. The monoisotopic (exact) mass is 264 g/mol. The van der Waals surface area contributed by atoms with Crippen LogP contribution in [0.2, 0.25) is 0 Å². The molecule has 1 amide bonds. The van der Waals surface area contributed by atoms with E-state index in [-0.39, 0.29) is 11.4 Å². The van der Waals surface area contributed by atoms with Gasteiger partial charge in [0.25, 0.3) is 5.91 Å². The molecule has 5 nitrogen and oxygen atoms in total. The number of hydrogen-bond acceptors (Lipinski definition) is 4. The van der Waals surface area contributed by atoms with Crippen LogP contribution in [-0.2, 0) is 5.54 Å². The molecule has 0 bridgehead atoms. The van der Waals surface area contributed by atoms with Gasteiger partial charge >= 0.3 is 0 Å². The fourth-order valence-corrected chi connectivity index (χ4v) is 2.23. The standard InChI is InChI=1S/C12H16N4OS/c1-8-7-9(15-16(8)12(2,3)4)10(17)14-11-13-5-6-18-11/h5-7H,1-4H3,(H,13,14,17). The average Bonchev–Trinajstić information content (AvgIpc) is 2.85. The van der Waals surface area contributed by atoms with E-state index in [1.54, 1.807) is 12.3 Å². The summed E-state index contributed by atoms with van der Waals surface area (Å²) in [5, 5.41) is 9.47. The Bertz CT molecular complexity index is 551. The Morgan fingerprint density at radius 1 is 1.44 bits per heavy atom. The van der Waals surface area contributed by atoms with Crippen molar-refractivity contribution in [2.75, 3.05) is 5.32 Å². The van der Waals surface area contributed by atoms with Gasteiger partial charge in [0.1, 0.15) is 0 Å². The summed E-state index contributed by atoms with van der Waals surface area (Å²) < 4.78 is 1.85. The van der Waals surface area contributed by atoms with Crippen LogP contribution in [-0.4, -0.2) is 20.7 Å². The molecule has 0 unspecified atom stereocenters. The van der Waals surface area contributed by atoms with Gasteiger partial charge in [0, 0.05) is 17.3 Å². The van der Waals surface area contributed by atoms with Gasteiger partial charge in [-0.25, -0.2) is 4.98 Å². The number of nitrogens with zero attached hydrogens (tertiary/aromatic N) is 3. The van der Waals surface area contributed by atoms with Crippen LogP contribution < -0.4 is 5.32 Å². The number of anilines is 1. The predicted octanol–water partition coefficient (Wildman–Crippen LogP) is 2.66. The molecule has 2 aromatic heterocycles. The normalized spacial score (nSPS) is 11.6. The van der Waals surface area contributed by atoms with E-state index in [4.69, 9.17) is 0 Å². The number of carbonyl (C=O) groups is 1. The third-order valence-electron chi connectivity index (χ3n) is 2.41. The maximum Gasteiger partial charge on any atom is 0.277 e. The lowest BCUT2D eigenvalue weighted by Crippen LogP contribution is -2.25. The number of aryl methyl sites for hydroxylation is 1. The van der Waals surface area contributed by atoms with Crippen molar-refractivity contribution in [1.29, 1.82) is 0 Å². The van der Waals surface area contributed by atoms with E-state index < -0.39 is 0 Å². The maximum absolute atomic E-state index is 12.0. The van der Waals surface area contributed by atoms with Crippen LogP contribution in [0.25, 0.3) is 0 Å². The van der Waals surface area contributed by atoms with E-state index in [0.717, 1.165) is 5.69 Å². The lowest BCUT2D eigenvalue weighted by Gasteiger charge is -2.21. The second-order valence-electron chi connectivity index (χ2n) is 5.04. The number of nitrogens with one attached hydrogen (secondary N) is 1. The Morgan fingerprint density at radius 3 is 2.67 bits per heavy atom. The summed E-state index contributed by atoms with van der Waals surface area (Å²) in [7, 11) is 0. The van der Waals surface area contributed by atoms with Crippen molar-refractivity contribution in [3.05, 3.63) is 29.0 Å². The molecule has 0 spiro atoms. The highest BCUT2D eigenvalue weighted by atomic mass is 32.1. The predicted molar refractivity (Wildman–Crippen MR) is 72.0 cm³/mol. The van der Waals surface area contributed by atoms with Gasteiger partial charge in [-0.1, -0.05) is 0 Å². The highest BCUT2D eigenvalue weighted by molar-refractivity contribution is 7.13. The first kappa shape index (κ1) is 12.8. The molecule has 0 aliphatic heterocycles. The molecular formula is C12H16N4OS. The van der Waals surface area contributed by atoms with Crippen molar-refractivity contribution in [2.45, 2.75) is 33.2 Å². The minimum atomic E-state index is -0.226. The third-order valence-corrected chi connectivity index (χ3v) is 3.10. The first-order valence-electron chi connectivity index (χ1n) is 5.66. The summed E-state index contributed by atoms with van der Waals surface area (Å²) in [4.78, 5) is 16.0. The Balaban J connectivity index is 2.22. The molecule has 1 N–H and O–H groups in total. The molecule has 0 radical (unpaired) electrons. The van der Waals surface area contributed by atoms with Crippen LogP contribution in [0, 0.1) is 6.92 Å². The highest BCUT2D eigenvalue weighted by Gasteiger charge is 2.20. The molecule has 18 heavy (non-hydrogen) atoms. The van der Waals surface area contributed by atoms with Crippen molar-refractivity contribution in [3.8, 4) is 0 Å². The zero-order valence-electron chi connectivity index (χ0n) is 10.9. The minimum Gasteiger partial charge on any atom is -0.296 e. The van der Waals surface area contributed by atoms with Crippen LogP contribution in [0.4, 0.5) is 5.13 Å². The summed E-state index contributed by atoms with van der Waals surface area (Å²) in [5.74, 6) is -0.226. The van der Waals surface area contributed by atoms with Gasteiger partial charge in [-0.2, -0.15) is 5.10 Å². The molecule has 6 heteroatoms. The van der Waals surface area contributed by atoms with Crippen molar-refractivity contribution < 1.29 is 4.79 Å². The van der Waals surface area contributed by atoms with Gasteiger partial charge in [-0.3, -0.25) is 14.8 Å². The fraction of sp³-hybridized carbons (Fsp3) is 0.417. The first-order valence-corrected chi connectivity index (χ1v) is 6.54. The summed E-state index contributed by atoms with van der Waals surface area (Å²) in [6, 6.07) is 1.79. The molecule has 2 aromatic rings. The summed E-state index contributed by atoms with van der Waals surface area (Å²) in [5.41, 5.74) is 1.24. The Kier molecular flexibility index (Phi) is 3.21. The Hall–Kier alpha value is -1.69. The molecule has 0 aliphatic rings. The molecule has 0 saturated carbocycles. The van der Waals surface area contributed by atoms with Crippen molar-refractivity contribution >= 4 is 22.4 Å². The van der Waals surface area contributed by atoms with E-state index in [0.29, 0.717) is 10.8 Å². The maximum atomic E-state index is 12.0. The van der Waals surface area contributed by atoms with Crippen LogP contribution >= 0.6 is 11.3 Å². The van der Waals surface area contributed by atoms with Crippen molar-refractivity contribution in [3.63, 3.8) is 0 Å². The number of carbonyl (C=O) groups excluding carboxylic acids is 1. The molecule has 96 valence electrons. The van der Waals surface area contributed by atoms with E-state index >= 15 is 0 Å². The third kappa shape index (κ3) is 2.59. The van der Waals surface area contributed by atoms with E-state index in [9.17, 15) is 4.79 Å². The second kappa shape index (κ2) is 4.53. The molecule has 0 fully saturated rings. The second-order valence-corrected chi connectivity index (χ2v) is 5.94. The average molecular weight is 264 g/mol. The lowest BCUT2D eigenvalue weighted by molar-refractivity contribution is 0.102. The summed E-state index contributed by atoms with van der Waals surface area (Å²) >= 11 is 1.38. The van der Waals surface area contributed by atoms with E-state index in [2.05, 4.69) is 36.2 Å². The lowest BCUT2D eigenvalue weighted by atomic mass is 10.1. The molecule has 2 heterocycles. The smallest absolute Gasteiger partial charge is 0.277 e. The molecule has 0 saturated heterocycles. The van der Waals surface area contributed by atoms with Gasteiger partial charge in [-0.05, 0) is 33.8 Å². The molecule has 0 atom stereocenters. The molecule has 0 aromatic carbocycles.